The van der Waals surface area contributed by atoms with Crippen LogP contribution in [0.1, 0.15) is 34.3 Å². The fourth-order valence-corrected chi connectivity index (χ4v) is 4.46. The van der Waals surface area contributed by atoms with Crippen LogP contribution in [0.2, 0.25) is 0 Å². The van der Waals surface area contributed by atoms with E-state index in [4.69, 9.17) is 9.98 Å². The van der Waals surface area contributed by atoms with Gasteiger partial charge in [0.05, 0.1) is 12.1 Å². The minimum absolute atomic E-state index is 0.123. The highest BCUT2D eigenvalue weighted by Crippen LogP contribution is 2.25. The molecule has 4 aromatic carbocycles. The van der Waals surface area contributed by atoms with Gasteiger partial charge in [-0.05, 0) is 34.4 Å². The topological polar surface area (TPSA) is 48.8 Å². The van der Waals surface area contributed by atoms with E-state index >= 15 is 0 Å². The summed E-state index contributed by atoms with van der Waals surface area (Å²) in [6.07, 6.45) is 8.34. The largest absolute Gasteiger partial charge is 0.380 e. The summed E-state index contributed by atoms with van der Waals surface area (Å²) in [5.74, 6) is 0. The maximum Gasteiger partial charge on any atom is 0.0950 e. The van der Waals surface area contributed by atoms with Gasteiger partial charge in [0.1, 0.15) is 0 Å². The van der Waals surface area contributed by atoms with Crippen molar-refractivity contribution in [2.75, 3.05) is 13.1 Å². The number of aliphatic imine (C=N–C) groups is 2. The Morgan fingerprint density at radius 2 is 0.789 bits per heavy atom. The summed E-state index contributed by atoms with van der Waals surface area (Å²) in [5.41, 5.74) is 6.58. The zero-order valence-electron chi connectivity index (χ0n) is 21.3. The van der Waals surface area contributed by atoms with Gasteiger partial charge in [-0.2, -0.15) is 0 Å². The second-order valence-corrected chi connectivity index (χ2v) is 9.03. The van der Waals surface area contributed by atoms with E-state index in [1.54, 1.807) is 0 Å². The molecule has 1 aliphatic rings. The standard InChI is InChI=1S/C34H32N4/c1-5-13-27(14-6-1)31-25-32(28-15-7-2-8-16-28)36-23-24-38-34(30-19-11-4-12-20-30)26-33(37-22-21-35-31)29-17-9-3-10-18-29/h1-21,24-26,31,34,36-37H,22-23H2/b32-25-,33-26-,35-21?,38-24?. The number of rotatable bonds is 4. The van der Waals surface area contributed by atoms with Crippen LogP contribution in [-0.4, -0.2) is 25.5 Å². The van der Waals surface area contributed by atoms with Crippen LogP contribution in [0.4, 0.5) is 0 Å². The van der Waals surface area contributed by atoms with Crippen molar-refractivity contribution in [2.45, 2.75) is 12.1 Å². The average Bonchev–Trinajstić information content (AvgIpc) is 2.99. The molecule has 188 valence electrons. The van der Waals surface area contributed by atoms with E-state index in [0.717, 1.165) is 33.6 Å². The molecule has 1 heterocycles. The number of hydrogen-bond donors (Lipinski definition) is 2. The maximum absolute atomic E-state index is 5.00. The summed E-state index contributed by atoms with van der Waals surface area (Å²) >= 11 is 0. The van der Waals surface area contributed by atoms with Crippen LogP contribution in [0.5, 0.6) is 0 Å². The molecular formula is C34H32N4. The van der Waals surface area contributed by atoms with Crippen LogP contribution in [0.3, 0.4) is 0 Å². The van der Waals surface area contributed by atoms with Crippen molar-refractivity contribution in [3.8, 4) is 0 Å². The van der Waals surface area contributed by atoms with Crippen molar-refractivity contribution in [2.24, 2.45) is 9.98 Å². The normalized spacial score (nSPS) is 21.1. The molecule has 1 aliphatic heterocycles. The Labute approximate surface area is 225 Å². The van der Waals surface area contributed by atoms with Crippen LogP contribution < -0.4 is 10.6 Å². The third-order valence-corrected chi connectivity index (χ3v) is 6.40. The first-order valence-corrected chi connectivity index (χ1v) is 13.0. The van der Waals surface area contributed by atoms with Crippen molar-refractivity contribution >= 4 is 23.8 Å². The van der Waals surface area contributed by atoms with Crippen molar-refractivity contribution in [3.05, 3.63) is 156 Å². The molecule has 5 rings (SSSR count). The number of benzene rings is 4. The van der Waals surface area contributed by atoms with Crippen molar-refractivity contribution in [3.63, 3.8) is 0 Å². The lowest BCUT2D eigenvalue weighted by molar-refractivity contribution is 0.877. The van der Waals surface area contributed by atoms with E-state index in [1.807, 2.05) is 36.7 Å². The first-order valence-electron chi connectivity index (χ1n) is 13.0. The Balaban J connectivity index is 1.53. The van der Waals surface area contributed by atoms with Crippen LogP contribution in [0.15, 0.2) is 143 Å². The van der Waals surface area contributed by atoms with Gasteiger partial charge >= 0.3 is 0 Å². The maximum atomic E-state index is 5.00. The molecule has 38 heavy (non-hydrogen) atoms. The predicted molar refractivity (Wildman–Crippen MR) is 160 cm³/mol. The molecule has 4 heteroatoms. The fourth-order valence-electron chi connectivity index (χ4n) is 4.46. The highest BCUT2D eigenvalue weighted by Gasteiger charge is 2.12. The first-order chi connectivity index (χ1) is 18.9. The molecule has 0 saturated carbocycles. The van der Waals surface area contributed by atoms with Crippen molar-refractivity contribution in [1.82, 2.24) is 10.6 Å². The van der Waals surface area contributed by atoms with Gasteiger partial charge in [-0.3, -0.25) is 9.98 Å². The van der Waals surface area contributed by atoms with Crippen LogP contribution in [-0.2, 0) is 0 Å². The van der Waals surface area contributed by atoms with E-state index in [2.05, 4.69) is 120 Å². The average molecular weight is 497 g/mol. The summed E-state index contributed by atoms with van der Waals surface area (Å²) in [5, 5.41) is 7.21. The number of nitrogens with one attached hydrogen (secondary N) is 2. The second-order valence-electron chi connectivity index (χ2n) is 9.03. The van der Waals surface area contributed by atoms with Gasteiger partial charge in [-0.25, -0.2) is 0 Å². The van der Waals surface area contributed by atoms with Gasteiger partial charge in [0, 0.05) is 36.9 Å². The predicted octanol–water partition coefficient (Wildman–Crippen LogP) is 6.89. The third-order valence-electron chi connectivity index (χ3n) is 6.40. The second kappa shape index (κ2) is 13.0. The van der Waals surface area contributed by atoms with Gasteiger partial charge in [0.2, 0.25) is 0 Å². The molecule has 0 aliphatic carbocycles. The van der Waals surface area contributed by atoms with Gasteiger partial charge in [0.15, 0.2) is 0 Å². The lowest BCUT2D eigenvalue weighted by Crippen LogP contribution is -2.18. The molecule has 0 bridgehead atoms. The van der Waals surface area contributed by atoms with E-state index < -0.39 is 0 Å². The van der Waals surface area contributed by atoms with Crippen molar-refractivity contribution < 1.29 is 0 Å². The Bertz CT molecular complexity index is 1280. The lowest BCUT2D eigenvalue weighted by atomic mass is 10.0. The van der Waals surface area contributed by atoms with E-state index in [1.165, 1.54) is 0 Å². The molecule has 2 N–H and O–H groups in total. The molecule has 0 saturated heterocycles. The molecule has 0 amide bonds. The summed E-state index contributed by atoms with van der Waals surface area (Å²) in [4.78, 5) is 10.00. The Hall–Kier alpha value is -4.70. The molecule has 0 spiro atoms. The Kier molecular flexibility index (Phi) is 8.56. The zero-order chi connectivity index (χ0) is 25.8. The number of nitrogens with zero attached hydrogens (tertiary/aromatic N) is 2. The lowest BCUT2D eigenvalue weighted by Gasteiger charge is -2.17. The smallest absolute Gasteiger partial charge is 0.0950 e. The molecular weight excluding hydrogens is 464 g/mol. The molecule has 4 nitrogen and oxygen atoms in total. The Morgan fingerprint density at radius 1 is 0.447 bits per heavy atom. The van der Waals surface area contributed by atoms with Gasteiger partial charge in [-0.15, -0.1) is 0 Å². The fraction of sp³-hybridized carbons (Fsp3) is 0.118. The molecule has 4 aromatic rings. The van der Waals surface area contributed by atoms with E-state index in [0.29, 0.717) is 13.1 Å². The molecule has 0 aromatic heterocycles. The van der Waals surface area contributed by atoms with Crippen LogP contribution in [0, 0.1) is 0 Å². The summed E-state index contributed by atoms with van der Waals surface area (Å²) in [7, 11) is 0. The Morgan fingerprint density at radius 3 is 1.16 bits per heavy atom. The molecule has 0 fully saturated rings. The minimum Gasteiger partial charge on any atom is -0.380 e. The zero-order valence-corrected chi connectivity index (χ0v) is 21.3. The molecule has 2 atom stereocenters. The summed E-state index contributed by atoms with van der Waals surface area (Å²) in [6.45, 7) is 1.19. The van der Waals surface area contributed by atoms with Gasteiger partial charge in [-0.1, -0.05) is 121 Å². The molecule has 0 radical (unpaired) electrons. The van der Waals surface area contributed by atoms with Gasteiger partial charge in [0.25, 0.3) is 0 Å². The SMILES string of the molecule is C1=NC(c2ccccc2)/C=C(/c2ccccc2)NCC=NC(c2ccccc2)/C=C(/c2ccccc2)NC1. The highest BCUT2D eigenvalue weighted by atomic mass is 14.9. The molecule has 2 unspecified atom stereocenters. The van der Waals surface area contributed by atoms with Gasteiger partial charge < -0.3 is 10.6 Å². The van der Waals surface area contributed by atoms with Crippen LogP contribution >= 0.6 is 0 Å². The number of hydrogen-bond acceptors (Lipinski definition) is 4. The monoisotopic (exact) mass is 496 g/mol. The first kappa shape index (κ1) is 25.0. The third kappa shape index (κ3) is 6.74. The van der Waals surface area contributed by atoms with Crippen molar-refractivity contribution in [1.29, 1.82) is 0 Å². The van der Waals surface area contributed by atoms with E-state index in [9.17, 15) is 0 Å². The summed E-state index contributed by atoms with van der Waals surface area (Å²) < 4.78 is 0. The van der Waals surface area contributed by atoms with E-state index in [-0.39, 0.29) is 12.1 Å². The van der Waals surface area contributed by atoms with Crippen LogP contribution in [0.25, 0.3) is 11.4 Å². The minimum atomic E-state index is -0.123. The quantitative estimate of drug-likeness (QED) is 0.323. The highest BCUT2D eigenvalue weighted by molar-refractivity contribution is 5.73. The summed E-state index contributed by atoms with van der Waals surface area (Å²) in [6, 6.07) is 41.3.